The van der Waals surface area contributed by atoms with E-state index < -0.39 is 0 Å². The van der Waals surface area contributed by atoms with Gasteiger partial charge in [-0.05, 0) is 12.2 Å². The molecule has 2 aromatic rings. The summed E-state index contributed by atoms with van der Waals surface area (Å²) in [6.45, 7) is 0. The number of H-pyrrole nitrogens is 1. The van der Waals surface area contributed by atoms with Gasteiger partial charge in [-0.25, -0.2) is 0 Å². The van der Waals surface area contributed by atoms with Crippen molar-refractivity contribution in [3.05, 3.63) is 28.2 Å². The molecule has 0 aliphatic rings. The molecule has 1 aromatic heterocycles. The molecule has 0 atom stereocenters. The normalized spacial score (nSPS) is 9.45. The molecular weight excluding hydrogens is 185 g/mol. The van der Waals surface area contributed by atoms with Crippen molar-refractivity contribution in [2.45, 2.75) is 0 Å². The van der Waals surface area contributed by atoms with Gasteiger partial charge in [-0.3, -0.25) is 0 Å². The first-order valence-corrected chi connectivity index (χ1v) is 4.08. The molecule has 4 heteroatoms. The minimum atomic E-state index is 0. The minimum Gasteiger partial charge on any atom is -0.361 e. The number of thiazole rings is 1. The summed E-state index contributed by atoms with van der Waals surface area (Å²) in [5.74, 6) is 0. The maximum atomic E-state index is 4.96. The predicted molar refractivity (Wildman–Crippen MR) is 45.8 cm³/mol. The van der Waals surface area contributed by atoms with Crippen molar-refractivity contribution in [1.82, 2.24) is 4.98 Å². The molecule has 0 saturated heterocycles. The summed E-state index contributed by atoms with van der Waals surface area (Å²) < 4.78 is 1.99. The zero-order chi connectivity index (χ0) is 6.97. The Morgan fingerprint density at radius 1 is 1.55 bits per heavy atom. The van der Waals surface area contributed by atoms with Gasteiger partial charge in [-0.1, -0.05) is 10.2 Å². The van der Waals surface area contributed by atoms with Crippen molar-refractivity contribution >= 4 is 33.8 Å². The predicted octanol–water partition coefficient (Wildman–Crippen LogP) is -0.237. The average Bonchev–Trinajstić information content (AvgIpc) is 2.27. The van der Waals surface area contributed by atoms with E-state index in [9.17, 15) is 0 Å². The molecule has 0 aliphatic carbocycles. The number of hydrogen-bond acceptors (Lipinski definition) is 2. The Morgan fingerprint density at radius 3 is 3.09 bits per heavy atom. The van der Waals surface area contributed by atoms with Crippen LogP contribution < -0.4 is 29.6 Å². The van der Waals surface area contributed by atoms with Crippen LogP contribution in [-0.2, 0) is 0 Å². The number of hydrogen-bond donors (Lipinski definition) is 1. The van der Waals surface area contributed by atoms with Crippen LogP contribution in [0.25, 0.3) is 10.2 Å². The van der Waals surface area contributed by atoms with Gasteiger partial charge in [0.15, 0.2) is 0 Å². The van der Waals surface area contributed by atoms with Gasteiger partial charge in [0, 0.05) is 0 Å². The molecule has 0 aliphatic heterocycles. The second-order valence-electron chi connectivity index (χ2n) is 1.92. The van der Waals surface area contributed by atoms with Gasteiger partial charge in [-0.2, -0.15) is 35.6 Å². The second kappa shape index (κ2) is 3.83. The van der Waals surface area contributed by atoms with E-state index in [0.29, 0.717) is 0 Å². The van der Waals surface area contributed by atoms with E-state index in [4.69, 9.17) is 12.2 Å². The number of nitrogens with one attached hydrogen (secondary N) is 1. The molecule has 0 radical (unpaired) electrons. The third-order valence-electron chi connectivity index (χ3n) is 1.25. The van der Waals surface area contributed by atoms with Gasteiger partial charge >= 0.3 is 29.6 Å². The first kappa shape index (κ1) is 9.42. The standard InChI is InChI=1S/C7H4NS2.Na/c9-7-8-5-3-1-2-4-6(5)10-7;/h1-2,4H,(H,8,9);/q-1;+1. The summed E-state index contributed by atoms with van der Waals surface area (Å²) in [5.41, 5.74) is 1.01. The third kappa shape index (κ3) is 1.92. The van der Waals surface area contributed by atoms with Crippen molar-refractivity contribution in [1.29, 1.82) is 0 Å². The molecule has 2 rings (SSSR count). The van der Waals surface area contributed by atoms with Crippen LogP contribution in [0.2, 0.25) is 0 Å². The Bertz CT molecular complexity index is 368. The Kier molecular flexibility index (Phi) is 3.28. The van der Waals surface area contributed by atoms with Crippen molar-refractivity contribution in [3.8, 4) is 0 Å². The Morgan fingerprint density at radius 2 is 2.36 bits per heavy atom. The molecule has 1 aromatic carbocycles. The summed E-state index contributed by atoms with van der Waals surface area (Å²) in [6, 6.07) is 8.93. The van der Waals surface area contributed by atoms with Crippen LogP contribution in [0.5, 0.6) is 0 Å². The zero-order valence-electron chi connectivity index (χ0n) is 6.05. The molecule has 0 amide bonds. The van der Waals surface area contributed by atoms with Gasteiger partial charge in [0.2, 0.25) is 0 Å². The molecular formula is C7H4NNaS2. The number of aromatic nitrogens is 1. The van der Waals surface area contributed by atoms with Crippen molar-refractivity contribution < 1.29 is 29.6 Å². The van der Waals surface area contributed by atoms with Gasteiger partial charge < -0.3 is 4.98 Å². The monoisotopic (exact) mass is 189 g/mol. The van der Waals surface area contributed by atoms with Gasteiger partial charge in [0.25, 0.3) is 0 Å². The van der Waals surface area contributed by atoms with E-state index in [1.54, 1.807) is 11.3 Å². The molecule has 1 N–H and O–H groups in total. The zero-order valence-corrected chi connectivity index (χ0v) is 9.68. The van der Waals surface area contributed by atoms with E-state index in [2.05, 4.69) is 11.1 Å². The fraction of sp³-hybridized carbons (Fsp3) is 0. The molecule has 1 nitrogen and oxygen atoms in total. The maximum Gasteiger partial charge on any atom is 1.00 e. The smallest absolute Gasteiger partial charge is 0.361 e. The molecule has 1 heterocycles. The van der Waals surface area contributed by atoms with Gasteiger partial charge in [0.1, 0.15) is 3.95 Å². The van der Waals surface area contributed by atoms with Crippen LogP contribution in [-0.4, -0.2) is 4.98 Å². The van der Waals surface area contributed by atoms with Gasteiger partial charge in [-0.15, -0.1) is 0 Å². The molecule has 0 unspecified atom stereocenters. The summed E-state index contributed by atoms with van der Waals surface area (Å²) in [5, 5.41) is 0. The number of aromatic amines is 1. The van der Waals surface area contributed by atoms with E-state index in [0.717, 1.165) is 9.47 Å². The maximum absolute atomic E-state index is 4.96. The first-order chi connectivity index (χ1) is 4.86. The quantitative estimate of drug-likeness (QED) is 0.344. The van der Waals surface area contributed by atoms with Crippen LogP contribution in [0.3, 0.4) is 0 Å². The van der Waals surface area contributed by atoms with Gasteiger partial charge in [0.05, 0.1) is 0 Å². The number of rotatable bonds is 0. The fourth-order valence-electron chi connectivity index (χ4n) is 0.832. The van der Waals surface area contributed by atoms with E-state index in [1.807, 2.05) is 18.2 Å². The van der Waals surface area contributed by atoms with Crippen molar-refractivity contribution in [3.63, 3.8) is 0 Å². The third-order valence-corrected chi connectivity index (χ3v) is 2.45. The topological polar surface area (TPSA) is 15.8 Å². The molecule has 11 heavy (non-hydrogen) atoms. The first-order valence-electron chi connectivity index (χ1n) is 2.86. The summed E-state index contributed by atoms with van der Waals surface area (Å²) >= 11 is 6.54. The Hall–Kier alpha value is 0.330. The molecule has 0 fully saturated rings. The van der Waals surface area contributed by atoms with Crippen molar-refractivity contribution in [2.24, 2.45) is 0 Å². The summed E-state index contributed by atoms with van der Waals surface area (Å²) in [6.07, 6.45) is 0. The average molecular weight is 189 g/mol. The molecule has 0 spiro atoms. The fourth-order valence-corrected chi connectivity index (χ4v) is 1.91. The largest absolute Gasteiger partial charge is 1.00 e. The number of fused-ring (bicyclic) bond motifs is 1. The molecule has 50 valence electrons. The van der Waals surface area contributed by atoms with Crippen LogP contribution in [0.1, 0.15) is 0 Å². The minimum absolute atomic E-state index is 0. The second-order valence-corrected chi connectivity index (χ2v) is 3.64. The SMILES string of the molecule is S=c1[nH]c2[c-]cccc2s1.[Na+]. The van der Waals surface area contributed by atoms with E-state index in [1.165, 1.54) is 4.70 Å². The van der Waals surface area contributed by atoms with Crippen LogP contribution in [0.4, 0.5) is 0 Å². The molecule has 0 saturated carbocycles. The van der Waals surface area contributed by atoms with E-state index >= 15 is 0 Å². The Labute approximate surface area is 95.7 Å². The van der Waals surface area contributed by atoms with E-state index in [-0.39, 0.29) is 29.6 Å². The summed E-state index contributed by atoms with van der Waals surface area (Å²) in [4.78, 5) is 3.04. The summed E-state index contributed by atoms with van der Waals surface area (Å²) in [7, 11) is 0. The number of para-hydroxylation sites is 1. The van der Waals surface area contributed by atoms with Crippen LogP contribution in [0.15, 0.2) is 18.2 Å². The molecule has 0 bridgehead atoms. The van der Waals surface area contributed by atoms with Crippen LogP contribution in [0, 0.1) is 10.0 Å². The van der Waals surface area contributed by atoms with Crippen LogP contribution >= 0.6 is 23.6 Å². The number of benzene rings is 1. The van der Waals surface area contributed by atoms with Crippen molar-refractivity contribution in [2.75, 3.05) is 0 Å². The Balaban J connectivity index is 0.000000605.